The number of hydrogen-bond donors (Lipinski definition) is 1. The maximum absolute atomic E-state index is 3.92. The Bertz CT molecular complexity index is 248. The summed E-state index contributed by atoms with van der Waals surface area (Å²) in [4.78, 5) is 5.19. The summed E-state index contributed by atoms with van der Waals surface area (Å²) in [6, 6.07) is 1.45. The van der Waals surface area contributed by atoms with Crippen LogP contribution in [0.2, 0.25) is 0 Å². The summed E-state index contributed by atoms with van der Waals surface area (Å²) < 4.78 is 0. The smallest absolute Gasteiger partial charge is 0.00940 e. The Morgan fingerprint density at radius 1 is 1.00 bits per heavy atom. The van der Waals surface area contributed by atoms with Crippen LogP contribution in [-0.2, 0) is 0 Å². The van der Waals surface area contributed by atoms with E-state index in [0.29, 0.717) is 6.04 Å². The molecule has 2 rings (SSSR count). The molecule has 2 aliphatic rings. The largest absolute Gasteiger partial charge is 0.311 e. The molecule has 3 nitrogen and oxygen atoms in total. The molecule has 0 radical (unpaired) electrons. The van der Waals surface area contributed by atoms with E-state index in [1.165, 1.54) is 65.0 Å². The van der Waals surface area contributed by atoms with Gasteiger partial charge in [-0.15, -0.1) is 0 Å². The van der Waals surface area contributed by atoms with Crippen LogP contribution in [0.15, 0.2) is 0 Å². The van der Waals surface area contributed by atoms with Crippen molar-refractivity contribution in [2.45, 2.75) is 58.5 Å². The molecule has 0 aromatic carbocycles. The van der Waals surface area contributed by atoms with Gasteiger partial charge < -0.3 is 15.1 Å². The van der Waals surface area contributed by atoms with Crippen LogP contribution in [0, 0.1) is 5.92 Å². The monoisotopic (exact) mass is 267 g/mol. The zero-order valence-corrected chi connectivity index (χ0v) is 13.2. The van der Waals surface area contributed by atoms with Crippen LogP contribution < -0.4 is 5.32 Å². The first-order chi connectivity index (χ1) is 9.22. The quantitative estimate of drug-likeness (QED) is 0.824. The maximum Gasteiger partial charge on any atom is 0.00940 e. The highest BCUT2D eigenvalue weighted by molar-refractivity contribution is 4.84. The molecule has 0 amide bonds. The van der Waals surface area contributed by atoms with Gasteiger partial charge in [0.05, 0.1) is 0 Å². The average Bonchev–Trinajstić information content (AvgIpc) is 2.48. The van der Waals surface area contributed by atoms with Crippen molar-refractivity contribution in [3.63, 3.8) is 0 Å². The first-order valence-electron chi connectivity index (χ1n) is 8.43. The van der Waals surface area contributed by atoms with Crippen molar-refractivity contribution in [2.75, 3.05) is 39.3 Å². The minimum atomic E-state index is 0.688. The Balaban J connectivity index is 1.73. The van der Waals surface area contributed by atoms with Crippen LogP contribution in [0.3, 0.4) is 0 Å². The fourth-order valence-electron chi connectivity index (χ4n) is 3.71. The second kappa shape index (κ2) is 7.61. The van der Waals surface area contributed by atoms with Crippen LogP contribution in [0.4, 0.5) is 0 Å². The van der Waals surface area contributed by atoms with Crippen LogP contribution in [0.1, 0.15) is 46.5 Å². The van der Waals surface area contributed by atoms with Gasteiger partial charge in [0, 0.05) is 18.6 Å². The van der Waals surface area contributed by atoms with Gasteiger partial charge in [0.1, 0.15) is 0 Å². The molecule has 0 spiro atoms. The van der Waals surface area contributed by atoms with Crippen LogP contribution in [0.5, 0.6) is 0 Å². The maximum atomic E-state index is 3.92. The molecular weight excluding hydrogens is 234 g/mol. The fraction of sp³-hybridized carbons (Fsp3) is 1.00. The molecule has 2 unspecified atom stereocenters. The number of likely N-dealkylation sites (tertiary alicyclic amines) is 2. The Labute approximate surface area is 119 Å². The lowest BCUT2D eigenvalue weighted by molar-refractivity contribution is 0.139. The van der Waals surface area contributed by atoms with Gasteiger partial charge in [0.25, 0.3) is 0 Å². The number of piperidine rings is 2. The van der Waals surface area contributed by atoms with Crippen molar-refractivity contribution >= 4 is 0 Å². The van der Waals surface area contributed by atoms with E-state index in [-0.39, 0.29) is 0 Å². The molecule has 2 fully saturated rings. The van der Waals surface area contributed by atoms with Gasteiger partial charge in [-0.3, -0.25) is 0 Å². The van der Waals surface area contributed by atoms with Crippen molar-refractivity contribution < 1.29 is 0 Å². The van der Waals surface area contributed by atoms with E-state index in [9.17, 15) is 0 Å². The standard InChI is InChI=1S/C16H33N3/c1-4-18-11-8-16(9-12-18)17-14(3)15-7-6-10-19(5-2)13-15/h14-17H,4-13H2,1-3H3. The summed E-state index contributed by atoms with van der Waals surface area (Å²) in [5, 5.41) is 3.92. The lowest BCUT2D eigenvalue weighted by Crippen LogP contribution is -2.50. The predicted molar refractivity (Wildman–Crippen MR) is 82.6 cm³/mol. The topological polar surface area (TPSA) is 18.5 Å². The Kier molecular flexibility index (Phi) is 6.11. The third-order valence-corrected chi connectivity index (χ3v) is 5.23. The number of rotatable bonds is 5. The lowest BCUT2D eigenvalue weighted by atomic mass is 9.90. The van der Waals surface area contributed by atoms with E-state index in [2.05, 4.69) is 35.9 Å². The molecule has 2 saturated heterocycles. The predicted octanol–water partition coefficient (Wildman–Crippen LogP) is 2.18. The summed E-state index contributed by atoms with van der Waals surface area (Å²) in [5.74, 6) is 0.859. The number of hydrogen-bond acceptors (Lipinski definition) is 3. The minimum Gasteiger partial charge on any atom is -0.311 e. The van der Waals surface area contributed by atoms with E-state index >= 15 is 0 Å². The molecule has 2 atom stereocenters. The zero-order chi connectivity index (χ0) is 13.7. The molecular formula is C16H33N3. The average molecular weight is 267 g/mol. The molecule has 2 heterocycles. The Morgan fingerprint density at radius 2 is 1.68 bits per heavy atom. The van der Waals surface area contributed by atoms with Crippen molar-refractivity contribution in [3.8, 4) is 0 Å². The lowest BCUT2D eigenvalue weighted by Gasteiger charge is -2.39. The van der Waals surface area contributed by atoms with Gasteiger partial charge in [-0.1, -0.05) is 13.8 Å². The van der Waals surface area contributed by atoms with Gasteiger partial charge in [-0.2, -0.15) is 0 Å². The molecule has 3 heteroatoms. The molecule has 0 aliphatic carbocycles. The molecule has 112 valence electrons. The third kappa shape index (κ3) is 4.44. The molecule has 19 heavy (non-hydrogen) atoms. The SMILES string of the molecule is CCN1CCC(NC(C)C2CCCN(CC)C2)CC1. The summed E-state index contributed by atoms with van der Waals surface area (Å²) in [5.41, 5.74) is 0. The normalized spacial score (nSPS) is 29.5. The van der Waals surface area contributed by atoms with Gasteiger partial charge >= 0.3 is 0 Å². The highest BCUT2D eigenvalue weighted by Crippen LogP contribution is 2.21. The summed E-state index contributed by atoms with van der Waals surface area (Å²) in [6.07, 6.45) is 5.47. The zero-order valence-electron chi connectivity index (χ0n) is 13.2. The van der Waals surface area contributed by atoms with Crippen molar-refractivity contribution in [3.05, 3.63) is 0 Å². The highest BCUT2D eigenvalue weighted by Gasteiger charge is 2.26. The minimum absolute atomic E-state index is 0.688. The first-order valence-corrected chi connectivity index (χ1v) is 8.43. The van der Waals surface area contributed by atoms with E-state index in [1.54, 1.807) is 0 Å². The van der Waals surface area contributed by atoms with Crippen molar-refractivity contribution in [2.24, 2.45) is 5.92 Å². The van der Waals surface area contributed by atoms with E-state index in [1.807, 2.05) is 0 Å². The van der Waals surface area contributed by atoms with E-state index in [0.717, 1.165) is 12.0 Å². The fourth-order valence-corrected chi connectivity index (χ4v) is 3.71. The van der Waals surface area contributed by atoms with Gasteiger partial charge in [-0.05, 0) is 71.2 Å². The molecule has 1 N–H and O–H groups in total. The second-order valence-corrected chi connectivity index (χ2v) is 6.46. The second-order valence-electron chi connectivity index (χ2n) is 6.46. The summed E-state index contributed by atoms with van der Waals surface area (Å²) >= 11 is 0. The van der Waals surface area contributed by atoms with Crippen LogP contribution >= 0.6 is 0 Å². The van der Waals surface area contributed by atoms with Crippen molar-refractivity contribution in [1.82, 2.24) is 15.1 Å². The van der Waals surface area contributed by atoms with E-state index < -0.39 is 0 Å². The molecule has 0 bridgehead atoms. The Hall–Kier alpha value is -0.120. The molecule has 0 saturated carbocycles. The van der Waals surface area contributed by atoms with Gasteiger partial charge in [-0.25, -0.2) is 0 Å². The first kappa shape index (κ1) is 15.3. The molecule has 0 aromatic heterocycles. The highest BCUT2D eigenvalue weighted by atomic mass is 15.2. The summed E-state index contributed by atoms with van der Waals surface area (Å²) in [6.45, 7) is 14.6. The number of nitrogens with zero attached hydrogens (tertiary/aromatic N) is 2. The number of nitrogens with one attached hydrogen (secondary N) is 1. The Morgan fingerprint density at radius 3 is 2.32 bits per heavy atom. The van der Waals surface area contributed by atoms with Crippen LogP contribution in [-0.4, -0.2) is 61.2 Å². The van der Waals surface area contributed by atoms with Gasteiger partial charge in [0.15, 0.2) is 0 Å². The third-order valence-electron chi connectivity index (χ3n) is 5.23. The molecule has 0 aromatic rings. The van der Waals surface area contributed by atoms with E-state index in [4.69, 9.17) is 0 Å². The van der Waals surface area contributed by atoms with Crippen molar-refractivity contribution in [1.29, 1.82) is 0 Å². The summed E-state index contributed by atoms with van der Waals surface area (Å²) in [7, 11) is 0. The van der Waals surface area contributed by atoms with Crippen LogP contribution in [0.25, 0.3) is 0 Å². The molecule has 2 aliphatic heterocycles. The van der Waals surface area contributed by atoms with Gasteiger partial charge in [0.2, 0.25) is 0 Å².